The fourth-order valence-electron chi connectivity index (χ4n) is 4.42. The minimum atomic E-state index is -0.642. The Morgan fingerprint density at radius 3 is 2.62 bits per heavy atom. The first-order valence-corrected chi connectivity index (χ1v) is 10.7. The summed E-state index contributed by atoms with van der Waals surface area (Å²) in [5, 5.41) is 5.27. The molecule has 1 unspecified atom stereocenters. The van der Waals surface area contributed by atoms with Gasteiger partial charge in [-0.2, -0.15) is 0 Å². The minimum Gasteiger partial charge on any atom is -0.445 e. The molecule has 1 saturated carbocycles. The van der Waals surface area contributed by atoms with E-state index in [0.29, 0.717) is 18.5 Å². The summed E-state index contributed by atoms with van der Waals surface area (Å²) in [6.07, 6.45) is 1.58. The molecule has 0 spiro atoms. The van der Waals surface area contributed by atoms with Crippen LogP contribution < -0.4 is 10.6 Å². The minimum absolute atomic E-state index is 0.187. The number of carbonyl (C=O) groups excluding carboxylic acids is 4. The van der Waals surface area contributed by atoms with Gasteiger partial charge in [0.15, 0.2) is 0 Å². The summed E-state index contributed by atoms with van der Waals surface area (Å²) in [7, 11) is 0. The topological polar surface area (TPSA) is 105 Å². The van der Waals surface area contributed by atoms with E-state index in [9.17, 15) is 19.2 Å². The Balaban J connectivity index is 1.27. The molecule has 2 fully saturated rings. The molecule has 8 nitrogen and oxygen atoms in total. The quantitative estimate of drug-likeness (QED) is 0.705. The molecular weight excluding hydrogens is 410 g/mol. The van der Waals surface area contributed by atoms with Gasteiger partial charge in [-0.25, -0.2) is 4.79 Å². The highest BCUT2D eigenvalue weighted by Gasteiger charge is 2.47. The van der Waals surface area contributed by atoms with Crippen molar-refractivity contribution in [1.82, 2.24) is 15.5 Å². The highest BCUT2D eigenvalue weighted by molar-refractivity contribution is 6.05. The summed E-state index contributed by atoms with van der Waals surface area (Å²) in [4.78, 5) is 50.6. The zero-order valence-electron chi connectivity index (χ0n) is 17.4. The van der Waals surface area contributed by atoms with E-state index in [2.05, 4.69) is 10.6 Å². The lowest BCUT2D eigenvalue weighted by atomic mass is 9.99. The summed E-state index contributed by atoms with van der Waals surface area (Å²) >= 11 is 0. The zero-order valence-corrected chi connectivity index (χ0v) is 17.4. The van der Waals surface area contributed by atoms with Crippen LogP contribution in [-0.4, -0.2) is 34.8 Å². The second-order valence-corrected chi connectivity index (χ2v) is 8.54. The number of nitrogens with zero attached hydrogens (tertiary/aromatic N) is 1. The normalized spacial score (nSPS) is 21.1. The van der Waals surface area contributed by atoms with E-state index >= 15 is 0 Å². The number of ether oxygens (including phenoxy) is 1. The third kappa shape index (κ3) is 3.72. The summed E-state index contributed by atoms with van der Waals surface area (Å²) in [5.74, 6) is -0.957. The first kappa shape index (κ1) is 20.2. The van der Waals surface area contributed by atoms with Crippen LogP contribution in [-0.2, 0) is 33.0 Å². The average molecular weight is 433 g/mol. The SMILES string of the molecule is O=C1CCC(N2Cc3ccc(C4(NC(=O)OCc5ccccc5)CC4)cc3C2=O)C(=O)N1. The maximum absolute atomic E-state index is 13.1. The number of alkyl carbamates (subject to hydrolysis) is 1. The fraction of sp³-hybridized carbons (Fsp3) is 0.333. The number of hydrogen-bond acceptors (Lipinski definition) is 5. The van der Waals surface area contributed by atoms with Gasteiger partial charge in [-0.05, 0) is 42.0 Å². The van der Waals surface area contributed by atoms with Crippen molar-refractivity contribution in [2.24, 2.45) is 0 Å². The van der Waals surface area contributed by atoms with Crippen LogP contribution in [0.5, 0.6) is 0 Å². The lowest BCUT2D eigenvalue weighted by Gasteiger charge is -2.29. The van der Waals surface area contributed by atoms with Crippen LogP contribution >= 0.6 is 0 Å². The number of carbonyl (C=O) groups is 4. The Labute approximate surface area is 184 Å². The number of fused-ring (bicyclic) bond motifs is 1. The van der Waals surface area contributed by atoms with Crippen LogP contribution in [0.1, 0.15) is 52.7 Å². The number of amides is 4. The van der Waals surface area contributed by atoms with E-state index < -0.39 is 23.6 Å². The Hall–Kier alpha value is -3.68. The van der Waals surface area contributed by atoms with Crippen molar-refractivity contribution in [1.29, 1.82) is 0 Å². The van der Waals surface area contributed by atoms with Gasteiger partial charge in [0, 0.05) is 18.5 Å². The summed E-state index contributed by atoms with van der Waals surface area (Å²) in [6.45, 7) is 0.520. The smallest absolute Gasteiger partial charge is 0.408 e. The molecule has 164 valence electrons. The maximum Gasteiger partial charge on any atom is 0.408 e. The van der Waals surface area contributed by atoms with E-state index in [1.54, 1.807) is 0 Å². The molecule has 8 heteroatoms. The Morgan fingerprint density at radius 2 is 1.91 bits per heavy atom. The van der Waals surface area contributed by atoms with Crippen LogP contribution in [0.4, 0.5) is 4.79 Å². The monoisotopic (exact) mass is 433 g/mol. The molecule has 32 heavy (non-hydrogen) atoms. The second-order valence-electron chi connectivity index (χ2n) is 8.54. The predicted octanol–water partition coefficient (Wildman–Crippen LogP) is 2.36. The largest absolute Gasteiger partial charge is 0.445 e. The molecule has 0 bridgehead atoms. The van der Waals surface area contributed by atoms with E-state index in [-0.39, 0.29) is 24.8 Å². The van der Waals surface area contributed by atoms with Gasteiger partial charge in [0.1, 0.15) is 12.6 Å². The molecule has 1 atom stereocenters. The standard InChI is InChI=1S/C24H23N3O5/c28-20-9-8-19(21(29)25-20)27-13-16-6-7-17(12-18(16)22(27)30)24(10-11-24)26-23(31)32-14-15-4-2-1-3-5-15/h1-7,12,19H,8-11,13-14H2,(H,26,31)(H,25,28,29). The number of hydrogen-bond donors (Lipinski definition) is 2. The van der Waals surface area contributed by atoms with E-state index in [4.69, 9.17) is 4.74 Å². The van der Waals surface area contributed by atoms with Crippen LogP contribution in [0, 0.1) is 0 Å². The predicted molar refractivity (Wildman–Crippen MR) is 113 cm³/mol. The van der Waals surface area contributed by atoms with Crippen LogP contribution in [0.2, 0.25) is 0 Å². The number of benzene rings is 2. The number of rotatable bonds is 5. The molecule has 3 aliphatic rings. The van der Waals surface area contributed by atoms with Crippen molar-refractivity contribution in [3.8, 4) is 0 Å². The van der Waals surface area contributed by atoms with Gasteiger partial charge in [-0.15, -0.1) is 0 Å². The van der Waals surface area contributed by atoms with Gasteiger partial charge in [-0.1, -0.05) is 42.5 Å². The summed E-state index contributed by atoms with van der Waals surface area (Å²) < 4.78 is 5.36. The summed E-state index contributed by atoms with van der Waals surface area (Å²) in [6, 6.07) is 14.4. The van der Waals surface area contributed by atoms with Crippen LogP contribution in [0.15, 0.2) is 48.5 Å². The first-order chi connectivity index (χ1) is 15.4. The molecule has 1 saturated heterocycles. The number of piperidine rings is 1. The molecular formula is C24H23N3O5. The average Bonchev–Trinajstić information content (AvgIpc) is 3.50. The van der Waals surface area contributed by atoms with E-state index in [1.165, 1.54) is 4.90 Å². The summed E-state index contributed by atoms with van der Waals surface area (Å²) in [5.41, 5.74) is 2.60. The molecule has 2 N–H and O–H groups in total. The molecule has 0 aromatic heterocycles. The Morgan fingerprint density at radius 1 is 1.12 bits per heavy atom. The van der Waals surface area contributed by atoms with Gasteiger partial charge in [0.05, 0.1) is 5.54 Å². The van der Waals surface area contributed by atoms with E-state index in [0.717, 1.165) is 29.5 Å². The Kier molecular flexibility index (Phi) is 4.92. The highest BCUT2D eigenvalue weighted by atomic mass is 16.5. The third-order valence-corrected chi connectivity index (χ3v) is 6.38. The zero-order chi connectivity index (χ0) is 22.3. The van der Waals surface area contributed by atoms with Crippen LogP contribution in [0.25, 0.3) is 0 Å². The molecule has 4 amide bonds. The molecule has 2 aliphatic heterocycles. The lowest BCUT2D eigenvalue weighted by molar-refractivity contribution is -0.136. The van der Waals surface area contributed by atoms with Crippen molar-refractivity contribution in [2.75, 3.05) is 0 Å². The van der Waals surface area contributed by atoms with Crippen molar-refractivity contribution < 1.29 is 23.9 Å². The van der Waals surface area contributed by atoms with Gasteiger partial charge in [0.25, 0.3) is 5.91 Å². The number of nitrogens with one attached hydrogen (secondary N) is 2. The molecule has 2 heterocycles. The lowest BCUT2D eigenvalue weighted by Crippen LogP contribution is -2.52. The molecule has 2 aromatic rings. The van der Waals surface area contributed by atoms with Gasteiger partial charge >= 0.3 is 6.09 Å². The van der Waals surface area contributed by atoms with Gasteiger partial charge in [-0.3, -0.25) is 19.7 Å². The molecule has 2 aromatic carbocycles. The molecule has 0 radical (unpaired) electrons. The maximum atomic E-state index is 13.1. The van der Waals surface area contributed by atoms with Crippen molar-refractivity contribution in [3.63, 3.8) is 0 Å². The van der Waals surface area contributed by atoms with Crippen molar-refractivity contribution >= 4 is 23.8 Å². The van der Waals surface area contributed by atoms with Crippen LogP contribution in [0.3, 0.4) is 0 Å². The van der Waals surface area contributed by atoms with Crippen molar-refractivity contribution in [2.45, 2.75) is 50.4 Å². The molecule has 5 rings (SSSR count). The van der Waals surface area contributed by atoms with Crippen molar-refractivity contribution in [3.05, 3.63) is 70.8 Å². The number of imide groups is 1. The van der Waals surface area contributed by atoms with E-state index in [1.807, 2.05) is 48.5 Å². The third-order valence-electron chi connectivity index (χ3n) is 6.38. The fourth-order valence-corrected chi connectivity index (χ4v) is 4.42. The van der Waals surface area contributed by atoms with Gasteiger partial charge < -0.3 is 15.0 Å². The Bertz CT molecular complexity index is 1110. The highest BCUT2D eigenvalue weighted by Crippen LogP contribution is 2.46. The molecule has 1 aliphatic carbocycles. The second kappa shape index (κ2) is 7.78. The first-order valence-electron chi connectivity index (χ1n) is 10.7. The van der Waals surface area contributed by atoms with Gasteiger partial charge in [0.2, 0.25) is 11.8 Å².